The summed E-state index contributed by atoms with van der Waals surface area (Å²) in [6, 6.07) is 14.1. The van der Waals surface area contributed by atoms with E-state index < -0.39 is 0 Å². The number of rotatable bonds is 5. The fourth-order valence-electron chi connectivity index (χ4n) is 2.58. The Balaban J connectivity index is 1.74. The van der Waals surface area contributed by atoms with E-state index >= 15 is 0 Å². The highest BCUT2D eigenvalue weighted by molar-refractivity contribution is 8.15. The lowest BCUT2D eigenvalue weighted by molar-refractivity contribution is -0.126. The average Bonchev–Trinajstić information content (AvgIpc) is 2.91. The molecular formula is C20H21FN4OS. The molecule has 1 heterocycles. The normalized spacial score (nSPS) is 18.7. The molecule has 1 saturated heterocycles. The van der Waals surface area contributed by atoms with Crippen molar-refractivity contribution in [3.63, 3.8) is 0 Å². The molecule has 1 fully saturated rings. The third-order valence-electron chi connectivity index (χ3n) is 4.14. The second kappa shape index (κ2) is 8.35. The van der Waals surface area contributed by atoms with Gasteiger partial charge in [-0.25, -0.2) is 4.39 Å². The van der Waals surface area contributed by atoms with Gasteiger partial charge in [-0.3, -0.25) is 9.69 Å². The van der Waals surface area contributed by atoms with Crippen molar-refractivity contribution in [1.82, 2.24) is 4.90 Å². The van der Waals surface area contributed by atoms with Crippen molar-refractivity contribution in [1.29, 1.82) is 0 Å². The Bertz CT molecular complexity index is 863. The number of hydrogen-bond acceptors (Lipinski definition) is 5. The summed E-state index contributed by atoms with van der Waals surface area (Å²) in [7, 11) is 3.97. The second-order valence-electron chi connectivity index (χ2n) is 6.42. The van der Waals surface area contributed by atoms with E-state index in [4.69, 9.17) is 0 Å². The van der Waals surface area contributed by atoms with Gasteiger partial charge in [0.1, 0.15) is 5.82 Å². The van der Waals surface area contributed by atoms with Gasteiger partial charge in [-0.05, 0) is 42.3 Å². The summed E-state index contributed by atoms with van der Waals surface area (Å²) in [5.41, 5.74) is 2.88. The number of thioether (sulfide) groups is 1. The van der Waals surface area contributed by atoms with Gasteiger partial charge in [-0.1, -0.05) is 36.0 Å². The van der Waals surface area contributed by atoms with E-state index in [1.54, 1.807) is 23.2 Å². The summed E-state index contributed by atoms with van der Waals surface area (Å²) >= 11 is 1.38. The standard InChI is InChI=1S/C20H21FN4OS/c1-14-19(26)25(13-16-4-8-17(21)9-5-16)20(27-14)23-22-12-15-6-10-18(11-7-15)24(2)3/h4-12,14H,13H2,1-3H3/b22-12-,23-20+/t14-/m1/s1. The fourth-order valence-corrected chi connectivity index (χ4v) is 3.51. The van der Waals surface area contributed by atoms with Gasteiger partial charge in [-0.2, -0.15) is 5.10 Å². The highest BCUT2D eigenvalue weighted by Gasteiger charge is 2.35. The predicted octanol–water partition coefficient (Wildman–Crippen LogP) is 3.75. The van der Waals surface area contributed by atoms with E-state index in [-0.39, 0.29) is 17.0 Å². The van der Waals surface area contributed by atoms with Gasteiger partial charge in [0.2, 0.25) is 5.91 Å². The molecule has 0 saturated carbocycles. The predicted molar refractivity (Wildman–Crippen MR) is 110 cm³/mol. The largest absolute Gasteiger partial charge is 0.378 e. The SMILES string of the molecule is C[C@H]1S/C(=N/N=C\c2ccc(N(C)C)cc2)N(Cc2ccc(F)cc2)C1=O. The molecule has 1 amide bonds. The Morgan fingerprint density at radius 1 is 1.15 bits per heavy atom. The van der Waals surface area contributed by atoms with Gasteiger partial charge in [0.05, 0.1) is 18.0 Å². The molecule has 0 unspecified atom stereocenters. The van der Waals surface area contributed by atoms with Crippen molar-refractivity contribution in [2.75, 3.05) is 19.0 Å². The molecule has 140 valence electrons. The zero-order valence-corrected chi connectivity index (χ0v) is 16.3. The van der Waals surface area contributed by atoms with Crippen molar-refractivity contribution in [3.05, 3.63) is 65.5 Å². The molecule has 0 aliphatic carbocycles. The minimum Gasteiger partial charge on any atom is -0.378 e. The number of benzene rings is 2. The molecule has 7 heteroatoms. The lowest BCUT2D eigenvalue weighted by Crippen LogP contribution is -2.30. The van der Waals surface area contributed by atoms with Crippen molar-refractivity contribution in [3.8, 4) is 0 Å². The van der Waals surface area contributed by atoms with E-state index in [1.165, 1.54) is 23.9 Å². The quantitative estimate of drug-likeness (QED) is 0.583. The van der Waals surface area contributed by atoms with Crippen LogP contribution in [-0.4, -0.2) is 41.5 Å². The van der Waals surface area contributed by atoms with Crippen LogP contribution in [0.25, 0.3) is 0 Å². The Labute approximate surface area is 162 Å². The van der Waals surface area contributed by atoms with Gasteiger partial charge < -0.3 is 4.90 Å². The van der Waals surface area contributed by atoms with E-state index in [0.717, 1.165) is 16.8 Å². The summed E-state index contributed by atoms with van der Waals surface area (Å²) in [5.74, 6) is -0.318. The van der Waals surface area contributed by atoms with Crippen molar-refractivity contribution < 1.29 is 9.18 Å². The summed E-state index contributed by atoms with van der Waals surface area (Å²) < 4.78 is 13.1. The number of halogens is 1. The van der Waals surface area contributed by atoms with Crippen LogP contribution >= 0.6 is 11.8 Å². The first-order chi connectivity index (χ1) is 12.9. The topological polar surface area (TPSA) is 48.3 Å². The Morgan fingerprint density at radius 3 is 2.44 bits per heavy atom. The van der Waals surface area contributed by atoms with Crippen LogP contribution in [0, 0.1) is 5.82 Å². The highest BCUT2D eigenvalue weighted by atomic mass is 32.2. The van der Waals surface area contributed by atoms with Crippen LogP contribution < -0.4 is 4.90 Å². The Kier molecular flexibility index (Phi) is 5.91. The maximum Gasteiger partial charge on any atom is 0.242 e. The summed E-state index contributed by atoms with van der Waals surface area (Å²) in [4.78, 5) is 16.0. The molecule has 1 aliphatic heterocycles. The molecule has 0 bridgehead atoms. The molecule has 0 N–H and O–H groups in total. The van der Waals surface area contributed by atoms with Gasteiger partial charge in [0.25, 0.3) is 0 Å². The molecule has 2 aromatic carbocycles. The third-order valence-corrected chi connectivity index (χ3v) is 5.21. The van der Waals surface area contributed by atoms with Gasteiger partial charge >= 0.3 is 0 Å². The van der Waals surface area contributed by atoms with Gasteiger partial charge in [0.15, 0.2) is 5.17 Å². The van der Waals surface area contributed by atoms with E-state index in [0.29, 0.717) is 11.7 Å². The maximum atomic E-state index is 13.1. The average molecular weight is 384 g/mol. The monoisotopic (exact) mass is 384 g/mol. The number of carbonyl (C=O) groups is 1. The summed E-state index contributed by atoms with van der Waals surface area (Å²) in [6.45, 7) is 2.19. The zero-order valence-electron chi connectivity index (χ0n) is 15.5. The molecule has 1 aliphatic rings. The van der Waals surface area contributed by atoms with Crippen molar-refractivity contribution in [2.45, 2.75) is 18.7 Å². The number of nitrogens with zero attached hydrogens (tertiary/aromatic N) is 4. The van der Waals surface area contributed by atoms with Crippen LogP contribution in [0.2, 0.25) is 0 Å². The second-order valence-corrected chi connectivity index (χ2v) is 7.73. The fraction of sp³-hybridized carbons (Fsp3) is 0.250. The first-order valence-electron chi connectivity index (χ1n) is 8.55. The highest BCUT2D eigenvalue weighted by Crippen LogP contribution is 2.28. The molecule has 0 radical (unpaired) electrons. The minimum absolute atomic E-state index is 0.0198. The van der Waals surface area contributed by atoms with Crippen LogP contribution in [0.3, 0.4) is 0 Å². The molecule has 5 nitrogen and oxygen atoms in total. The Hall–Kier alpha value is -2.67. The maximum absolute atomic E-state index is 13.1. The molecule has 1 atom stereocenters. The minimum atomic E-state index is -0.298. The number of anilines is 1. The number of hydrogen-bond donors (Lipinski definition) is 0. The van der Waals surface area contributed by atoms with Crippen LogP contribution in [0.15, 0.2) is 58.7 Å². The number of carbonyl (C=O) groups excluding carboxylic acids is 1. The number of amides is 1. The lowest BCUT2D eigenvalue weighted by atomic mass is 10.2. The smallest absolute Gasteiger partial charge is 0.242 e. The molecule has 3 rings (SSSR count). The third kappa shape index (κ3) is 4.74. The molecular weight excluding hydrogens is 363 g/mol. The van der Waals surface area contributed by atoms with Crippen LogP contribution in [-0.2, 0) is 11.3 Å². The van der Waals surface area contributed by atoms with Crippen LogP contribution in [0.1, 0.15) is 18.1 Å². The van der Waals surface area contributed by atoms with Crippen LogP contribution in [0.5, 0.6) is 0 Å². The lowest BCUT2D eigenvalue weighted by Gasteiger charge is -2.15. The summed E-state index contributed by atoms with van der Waals surface area (Å²) in [5, 5.41) is 8.73. The molecule has 2 aromatic rings. The molecule has 0 spiro atoms. The van der Waals surface area contributed by atoms with E-state index in [2.05, 4.69) is 10.2 Å². The first-order valence-corrected chi connectivity index (χ1v) is 9.43. The van der Waals surface area contributed by atoms with Crippen LogP contribution in [0.4, 0.5) is 10.1 Å². The van der Waals surface area contributed by atoms with Crippen molar-refractivity contribution in [2.24, 2.45) is 10.2 Å². The first kappa shape index (κ1) is 19.1. The van der Waals surface area contributed by atoms with E-state index in [9.17, 15) is 9.18 Å². The molecule has 27 heavy (non-hydrogen) atoms. The van der Waals surface area contributed by atoms with Gasteiger partial charge in [-0.15, -0.1) is 5.10 Å². The Morgan fingerprint density at radius 2 is 1.81 bits per heavy atom. The van der Waals surface area contributed by atoms with E-state index in [1.807, 2.05) is 50.2 Å². The number of amidine groups is 1. The summed E-state index contributed by atoms with van der Waals surface area (Å²) in [6.07, 6.45) is 1.66. The molecule has 0 aromatic heterocycles. The van der Waals surface area contributed by atoms with Gasteiger partial charge in [0, 0.05) is 19.8 Å². The van der Waals surface area contributed by atoms with Crippen molar-refractivity contribution >= 4 is 34.7 Å². The zero-order chi connectivity index (χ0) is 19.4.